The van der Waals surface area contributed by atoms with Gasteiger partial charge in [-0.15, -0.1) is 0 Å². The van der Waals surface area contributed by atoms with E-state index >= 15 is 0 Å². The molecule has 1 N–H and O–H groups in total. The number of nitrogens with one attached hydrogen (secondary N) is 1. The van der Waals surface area contributed by atoms with Crippen molar-refractivity contribution in [1.82, 2.24) is 5.32 Å². The van der Waals surface area contributed by atoms with E-state index < -0.39 is 16.6 Å². The van der Waals surface area contributed by atoms with Crippen LogP contribution in [0, 0.1) is 22.9 Å². The number of hydrogen-bond acceptors (Lipinski definition) is 3. The Morgan fingerprint density at radius 1 is 1.40 bits per heavy atom. The van der Waals surface area contributed by atoms with Crippen LogP contribution in [0.4, 0.5) is 10.1 Å². The van der Waals surface area contributed by atoms with E-state index in [-0.39, 0.29) is 22.4 Å². The zero-order valence-corrected chi connectivity index (χ0v) is 11.5. The quantitative estimate of drug-likeness (QED) is 0.683. The van der Waals surface area contributed by atoms with Crippen molar-refractivity contribution in [2.45, 2.75) is 45.1 Å². The Morgan fingerprint density at radius 2 is 2.00 bits per heavy atom. The van der Waals surface area contributed by atoms with E-state index in [1.165, 1.54) is 6.92 Å². The summed E-state index contributed by atoms with van der Waals surface area (Å²) in [5, 5.41) is 13.6. The second-order valence-electron chi connectivity index (χ2n) is 5.60. The SMILES string of the molecule is Cc1cc([N+](=O)[O-])cc(C(=O)NC2(C)CCCC2)c1F. The summed E-state index contributed by atoms with van der Waals surface area (Å²) < 4.78 is 14.0. The monoisotopic (exact) mass is 280 g/mol. The molecule has 0 spiro atoms. The van der Waals surface area contributed by atoms with Crippen LogP contribution in [0.1, 0.15) is 48.5 Å². The van der Waals surface area contributed by atoms with Gasteiger partial charge in [0.25, 0.3) is 11.6 Å². The van der Waals surface area contributed by atoms with E-state index in [4.69, 9.17) is 0 Å². The Labute approximate surface area is 116 Å². The number of hydrogen-bond donors (Lipinski definition) is 1. The second-order valence-corrected chi connectivity index (χ2v) is 5.60. The average Bonchev–Trinajstić information content (AvgIpc) is 2.78. The standard InChI is InChI=1S/C14H17FN2O3/c1-9-7-10(17(19)20)8-11(12(9)15)13(18)16-14(2)5-3-4-6-14/h7-8H,3-6H2,1-2H3,(H,16,18). The molecule has 2 rings (SSSR count). The summed E-state index contributed by atoms with van der Waals surface area (Å²) in [7, 11) is 0. The third-order valence-corrected chi connectivity index (χ3v) is 3.82. The van der Waals surface area contributed by atoms with Gasteiger partial charge in [0, 0.05) is 17.7 Å². The van der Waals surface area contributed by atoms with Crippen LogP contribution in [0.25, 0.3) is 0 Å². The molecule has 0 aromatic heterocycles. The zero-order chi connectivity index (χ0) is 14.9. The lowest BCUT2D eigenvalue weighted by Crippen LogP contribution is -2.43. The molecule has 20 heavy (non-hydrogen) atoms. The van der Waals surface area contributed by atoms with E-state index in [1.807, 2.05) is 6.92 Å². The van der Waals surface area contributed by atoms with Gasteiger partial charge >= 0.3 is 0 Å². The largest absolute Gasteiger partial charge is 0.347 e. The van der Waals surface area contributed by atoms with Crippen LogP contribution in [0.3, 0.4) is 0 Å². The van der Waals surface area contributed by atoms with Gasteiger partial charge in [-0.1, -0.05) is 12.8 Å². The van der Waals surface area contributed by atoms with Crippen LogP contribution in [0.5, 0.6) is 0 Å². The van der Waals surface area contributed by atoms with Gasteiger partial charge in [-0.3, -0.25) is 14.9 Å². The van der Waals surface area contributed by atoms with Crippen LogP contribution in [0.2, 0.25) is 0 Å². The molecular weight excluding hydrogens is 263 g/mol. The third kappa shape index (κ3) is 2.79. The topological polar surface area (TPSA) is 72.2 Å². The minimum atomic E-state index is -0.699. The van der Waals surface area contributed by atoms with Crippen LogP contribution in [-0.4, -0.2) is 16.4 Å². The fraction of sp³-hybridized carbons (Fsp3) is 0.500. The summed E-state index contributed by atoms with van der Waals surface area (Å²) in [6.07, 6.45) is 3.73. The minimum Gasteiger partial charge on any atom is -0.347 e. The van der Waals surface area contributed by atoms with Gasteiger partial charge in [0.05, 0.1) is 10.5 Å². The highest BCUT2D eigenvalue weighted by Gasteiger charge is 2.31. The van der Waals surface area contributed by atoms with Gasteiger partial charge in [0.15, 0.2) is 0 Å². The molecule has 6 heteroatoms. The second kappa shape index (κ2) is 5.19. The highest BCUT2D eigenvalue weighted by atomic mass is 19.1. The zero-order valence-electron chi connectivity index (χ0n) is 11.5. The van der Waals surface area contributed by atoms with Gasteiger partial charge in [0.1, 0.15) is 5.82 Å². The first-order chi connectivity index (χ1) is 9.32. The molecule has 1 aliphatic carbocycles. The Morgan fingerprint density at radius 3 is 2.55 bits per heavy atom. The van der Waals surface area contributed by atoms with Crippen LogP contribution in [-0.2, 0) is 0 Å². The Bertz CT molecular complexity index is 566. The van der Waals surface area contributed by atoms with Crippen LogP contribution < -0.4 is 5.32 Å². The first kappa shape index (κ1) is 14.4. The number of carbonyl (C=O) groups excluding carboxylic acids is 1. The first-order valence-corrected chi connectivity index (χ1v) is 6.59. The van der Waals surface area contributed by atoms with Crippen molar-refractivity contribution in [1.29, 1.82) is 0 Å². The maximum absolute atomic E-state index is 14.0. The Hall–Kier alpha value is -1.98. The predicted molar refractivity (Wildman–Crippen MR) is 72.1 cm³/mol. The average molecular weight is 280 g/mol. The summed E-state index contributed by atoms with van der Waals surface area (Å²) in [5.74, 6) is -1.28. The molecule has 0 atom stereocenters. The number of benzene rings is 1. The smallest absolute Gasteiger partial charge is 0.270 e. The van der Waals surface area contributed by atoms with E-state index in [2.05, 4.69) is 5.32 Å². The molecule has 0 radical (unpaired) electrons. The van der Waals surface area contributed by atoms with Gasteiger partial charge in [-0.05, 0) is 32.3 Å². The molecule has 0 unspecified atom stereocenters. The number of amides is 1. The van der Waals surface area contributed by atoms with E-state index in [0.29, 0.717) is 0 Å². The van der Waals surface area contributed by atoms with Gasteiger partial charge in [-0.2, -0.15) is 0 Å². The lowest BCUT2D eigenvalue weighted by Gasteiger charge is -2.25. The number of rotatable bonds is 3. The highest BCUT2D eigenvalue weighted by Crippen LogP contribution is 2.30. The number of non-ortho nitro benzene ring substituents is 1. The molecule has 0 aliphatic heterocycles. The van der Waals surface area contributed by atoms with Gasteiger partial charge in [-0.25, -0.2) is 4.39 Å². The van der Waals surface area contributed by atoms with E-state index in [9.17, 15) is 19.3 Å². The van der Waals surface area contributed by atoms with Crippen molar-refractivity contribution in [3.63, 3.8) is 0 Å². The van der Waals surface area contributed by atoms with Crippen molar-refractivity contribution in [2.24, 2.45) is 0 Å². The molecule has 108 valence electrons. The maximum atomic E-state index is 14.0. The van der Waals surface area contributed by atoms with Crippen molar-refractivity contribution >= 4 is 11.6 Å². The lowest BCUT2D eigenvalue weighted by atomic mass is 9.99. The fourth-order valence-corrected chi connectivity index (χ4v) is 2.64. The third-order valence-electron chi connectivity index (χ3n) is 3.82. The summed E-state index contributed by atoms with van der Waals surface area (Å²) in [6.45, 7) is 3.33. The predicted octanol–water partition coefficient (Wildman–Crippen LogP) is 3.10. The van der Waals surface area contributed by atoms with Crippen molar-refractivity contribution in [2.75, 3.05) is 0 Å². The normalized spacial score (nSPS) is 16.9. The molecule has 0 saturated heterocycles. The molecule has 5 nitrogen and oxygen atoms in total. The van der Waals surface area contributed by atoms with Crippen LogP contribution in [0.15, 0.2) is 12.1 Å². The molecule has 1 aromatic rings. The molecule has 0 heterocycles. The van der Waals surface area contributed by atoms with Crippen molar-refractivity contribution in [3.05, 3.63) is 39.2 Å². The molecule has 0 bridgehead atoms. The highest BCUT2D eigenvalue weighted by molar-refractivity contribution is 5.95. The van der Waals surface area contributed by atoms with Crippen molar-refractivity contribution < 1.29 is 14.1 Å². The number of nitrogens with zero attached hydrogens (tertiary/aromatic N) is 1. The summed E-state index contributed by atoms with van der Waals surface area (Å²) in [4.78, 5) is 22.4. The summed E-state index contributed by atoms with van der Waals surface area (Å²) >= 11 is 0. The number of halogens is 1. The lowest BCUT2D eigenvalue weighted by molar-refractivity contribution is -0.385. The molecule has 1 aromatic carbocycles. The van der Waals surface area contributed by atoms with Crippen molar-refractivity contribution in [3.8, 4) is 0 Å². The number of nitro groups is 1. The molecular formula is C14H17FN2O3. The summed E-state index contributed by atoms with van der Waals surface area (Å²) in [6, 6.07) is 2.12. The fourth-order valence-electron chi connectivity index (χ4n) is 2.64. The number of aryl methyl sites for hydroxylation is 1. The Kier molecular flexibility index (Phi) is 3.74. The molecule has 1 saturated carbocycles. The van der Waals surface area contributed by atoms with Gasteiger partial charge < -0.3 is 5.32 Å². The Balaban J connectivity index is 2.31. The minimum absolute atomic E-state index is 0.0981. The van der Waals surface area contributed by atoms with E-state index in [1.54, 1.807) is 0 Å². The summed E-state index contributed by atoms with van der Waals surface area (Å²) in [5.41, 5.74) is -0.779. The first-order valence-electron chi connectivity index (χ1n) is 6.59. The van der Waals surface area contributed by atoms with E-state index in [0.717, 1.165) is 37.8 Å². The molecule has 1 fully saturated rings. The number of carbonyl (C=O) groups is 1. The van der Waals surface area contributed by atoms with Gasteiger partial charge in [0.2, 0.25) is 0 Å². The molecule has 1 amide bonds. The van der Waals surface area contributed by atoms with Crippen LogP contribution >= 0.6 is 0 Å². The maximum Gasteiger partial charge on any atom is 0.270 e. The molecule has 1 aliphatic rings. The number of nitro benzene ring substituents is 1.